The van der Waals surface area contributed by atoms with E-state index < -0.39 is 0 Å². The van der Waals surface area contributed by atoms with Crippen LogP contribution in [-0.2, 0) is 11.2 Å². The lowest BCUT2D eigenvalue weighted by Crippen LogP contribution is -2.15. The maximum absolute atomic E-state index is 12.1. The van der Waals surface area contributed by atoms with Gasteiger partial charge < -0.3 is 10.1 Å². The molecule has 0 fully saturated rings. The highest BCUT2D eigenvalue weighted by molar-refractivity contribution is 7.15. The minimum atomic E-state index is -0.108. The summed E-state index contributed by atoms with van der Waals surface area (Å²) >= 11 is 7.66. The van der Waals surface area contributed by atoms with Crippen molar-refractivity contribution < 1.29 is 9.53 Å². The quantitative estimate of drug-likeness (QED) is 0.537. The van der Waals surface area contributed by atoms with Crippen LogP contribution in [0.5, 0.6) is 5.75 Å². The number of hydrogen-bond acceptors (Lipinski definition) is 4. The summed E-state index contributed by atoms with van der Waals surface area (Å²) in [5.41, 5.74) is 4.47. The fraction of sp³-hybridized carbons (Fsp3) is 0.273. The van der Waals surface area contributed by atoms with Crippen LogP contribution < -0.4 is 10.1 Å². The summed E-state index contributed by atoms with van der Waals surface area (Å²) in [6, 6.07) is 12.1. The first-order valence-electron chi connectivity index (χ1n) is 9.10. The maximum atomic E-state index is 12.1. The third-order valence-corrected chi connectivity index (χ3v) is 5.53. The third-order valence-electron chi connectivity index (χ3n) is 4.21. The van der Waals surface area contributed by atoms with Gasteiger partial charge in [-0.15, -0.1) is 11.3 Å². The molecule has 146 valence electrons. The SMILES string of the molecule is Cc1cc(C)cc(OCCC(=O)Nc2ncc(Cc3ccc(C)c(Cl)c3)s2)c1. The highest BCUT2D eigenvalue weighted by atomic mass is 35.5. The number of aryl methyl sites for hydroxylation is 3. The zero-order valence-corrected chi connectivity index (χ0v) is 17.8. The van der Waals surface area contributed by atoms with Crippen LogP contribution in [0.4, 0.5) is 5.13 Å². The number of nitrogens with zero attached hydrogens (tertiary/aromatic N) is 1. The number of ether oxygens (including phenoxy) is 1. The number of nitrogens with one attached hydrogen (secondary N) is 1. The van der Waals surface area contributed by atoms with E-state index in [1.165, 1.54) is 11.3 Å². The Balaban J connectivity index is 1.48. The second-order valence-electron chi connectivity index (χ2n) is 6.86. The molecule has 3 rings (SSSR count). The van der Waals surface area contributed by atoms with Gasteiger partial charge in [0.2, 0.25) is 5.91 Å². The summed E-state index contributed by atoms with van der Waals surface area (Å²) in [4.78, 5) is 17.5. The molecule has 0 aliphatic heterocycles. The number of amides is 1. The summed E-state index contributed by atoms with van der Waals surface area (Å²) in [6.07, 6.45) is 2.80. The molecule has 0 atom stereocenters. The molecule has 1 N–H and O–H groups in total. The number of hydrogen-bond donors (Lipinski definition) is 1. The van der Waals surface area contributed by atoms with E-state index in [0.29, 0.717) is 11.7 Å². The molecule has 3 aromatic rings. The molecule has 1 aromatic heterocycles. The van der Waals surface area contributed by atoms with Gasteiger partial charge in [0.05, 0.1) is 13.0 Å². The standard InChI is InChI=1S/C22H23ClN2O2S/c1-14-8-15(2)10-18(9-14)27-7-6-21(26)25-22-24-13-19(28-22)11-17-5-4-16(3)20(23)12-17/h4-5,8-10,12-13H,6-7,11H2,1-3H3,(H,24,25,26). The second kappa shape index (κ2) is 9.22. The Hall–Kier alpha value is -2.37. The van der Waals surface area contributed by atoms with Crippen LogP contribution in [0.25, 0.3) is 0 Å². The lowest BCUT2D eigenvalue weighted by Gasteiger charge is -2.08. The summed E-state index contributed by atoms with van der Waals surface area (Å²) < 4.78 is 5.69. The maximum Gasteiger partial charge on any atom is 0.229 e. The monoisotopic (exact) mass is 414 g/mol. The number of anilines is 1. The molecule has 0 spiro atoms. The lowest BCUT2D eigenvalue weighted by molar-refractivity contribution is -0.116. The highest BCUT2D eigenvalue weighted by Crippen LogP contribution is 2.24. The molecule has 6 heteroatoms. The van der Waals surface area contributed by atoms with Crippen molar-refractivity contribution >= 4 is 34.0 Å². The molecule has 0 aliphatic rings. The van der Waals surface area contributed by atoms with Gasteiger partial charge in [-0.3, -0.25) is 4.79 Å². The Morgan fingerprint density at radius 1 is 1.14 bits per heavy atom. The van der Waals surface area contributed by atoms with Gasteiger partial charge in [0.15, 0.2) is 5.13 Å². The minimum Gasteiger partial charge on any atom is -0.493 e. The van der Waals surface area contributed by atoms with Gasteiger partial charge in [-0.2, -0.15) is 0 Å². The average Bonchev–Trinajstić information content (AvgIpc) is 3.04. The van der Waals surface area contributed by atoms with Gasteiger partial charge in [0.25, 0.3) is 0 Å². The van der Waals surface area contributed by atoms with Crippen molar-refractivity contribution in [2.24, 2.45) is 0 Å². The molecule has 1 amide bonds. The van der Waals surface area contributed by atoms with Crippen LogP contribution in [0, 0.1) is 20.8 Å². The first-order chi connectivity index (χ1) is 13.4. The number of rotatable bonds is 7. The third kappa shape index (κ3) is 5.81. The molecule has 4 nitrogen and oxygen atoms in total. The Kier molecular flexibility index (Phi) is 6.70. The molecule has 2 aromatic carbocycles. The van der Waals surface area contributed by atoms with Crippen LogP contribution in [-0.4, -0.2) is 17.5 Å². The van der Waals surface area contributed by atoms with Gasteiger partial charge in [-0.05, 0) is 61.2 Å². The molecule has 28 heavy (non-hydrogen) atoms. The van der Waals surface area contributed by atoms with Crippen molar-refractivity contribution in [3.63, 3.8) is 0 Å². The van der Waals surface area contributed by atoms with Gasteiger partial charge in [0, 0.05) is 22.5 Å². The Morgan fingerprint density at radius 3 is 2.61 bits per heavy atom. The predicted molar refractivity (Wildman–Crippen MR) is 116 cm³/mol. The van der Waals surface area contributed by atoms with Crippen LogP contribution >= 0.6 is 22.9 Å². The van der Waals surface area contributed by atoms with Crippen molar-refractivity contribution in [1.29, 1.82) is 0 Å². The molecular weight excluding hydrogens is 392 g/mol. The van der Waals surface area contributed by atoms with E-state index in [1.807, 2.05) is 45.0 Å². The van der Waals surface area contributed by atoms with Crippen molar-refractivity contribution in [2.75, 3.05) is 11.9 Å². The number of benzene rings is 2. The molecule has 0 saturated carbocycles. The molecule has 0 bridgehead atoms. The van der Waals surface area contributed by atoms with Gasteiger partial charge in [-0.1, -0.05) is 29.8 Å². The zero-order valence-electron chi connectivity index (χ0n) is 16.2. The number of carbonyl (C=O) groups is 1. The van der Waals surface area contributed by atoms with Crippen molar-refractivity contribution in [2.45, 2.75) is 33.6 Å². The first kappa shape index (κ1) is 20.4. The largest absolute Gasteiger partial charge is 0.493 e. The fourth-order valence-electron chi connectivity index (χ4n) is 2.85. The first-order valence-corrected chi connectivity index (χ1v) is 10.3. The highest BCUT2D eigenvalue weighted by Gasteiger charge is 2.09. The Morgan fingerprint density at radius 2 is 1.89 bits per heavy atom. The average molecular weight is 415 g/mol. The van der Waals surface area contributed by atoms with Gasteiger partial charge >= 0.3 is 0 Å². The molecule has 0 saturated heterocycles. The van der Waals surface area contributed by atoms with E-state index in [1.54, 1.807) is 6.20 Å². The van der Waals surface area contributed by atoms with E-state index in [9.17, 15) is 4.79 Å². The topological polar surface area (TPSA) is 51.2 Å². The predicted octanol–water partition coefficient (Wildman–Crippen LogP) is 5.72. The minimum absolute atomic E-state index is 0.108. The number of thiazole rings is 1. The van der Waals surface area contributed by atoms with E-state index in [2.05, 4.69) is 22.4 Å². The molecule has 1 heterocycles. The molecule has 0 radical (unpaired) electrons. The van der Waals surface area contributed by atoms with Crippen molar-refractivity contribution in [1.82, 2.24) is 4.98 Å². The molecular formula is C22H23ClN2O2S. The van der Waals surface area contributed by atoms with Crippen LogP contribution in [0.3, 0.4) is 0 Å². The van der Waals surface area contributed by atoms with Gasteiger partial charge in [-0.25, -0.2) is 4.98 Å². The van der Waals surface area contributed by atoms with Crippen molar-refractivity contribution in [3.8, 4) is 5.75 Å². The molecule has 0 aliphatic carbocycles. The van der Waals surface area contributed by atoms with E-state index in [-0.39, 0.29) is 12.3 Å². The van der Waals surface area contributed by atoms with E-state index in [4.69, 9.17) is 16.3 Å². The molecule has 0 unspecified atom stereocenters. The Bertz CT molecular complexity index is 964. The summed E-state index contributed by atoms with van der Waals surface area (Å²) in [6.45, 7) is 6.36. The summed E-state index contributed by atoms with van der Waals surface area (Å²) in [7, 11) is 0. The second-order valence-corrected chi connectivity index (χ2v) is 8.38. The van der Waals surface area contributed by atoms with E-state index in [0.717, 1.165) is 44.3 Å². The fourth-order valence-corrected chi connectivity index (χ4v) is 3.92. The summed E-state index contributed by atoms with van der Waals surface area (Å²) in [5.74, 6) is 0.683. The lowest BCUT2D eigenvalue weighted by atomic mass is 10.1. The van der Waals surface area contributed by atoms with Crippen molar-refractivity contribution in [3.05, 3.63) is 74.7 Å². The smallest absolute Gasteiger partial charge is 0.229 e. The van der Waals surface area contributed by atoms with E-state index >= 15 is 0 Å². The summed E-state index contributed by atoms with van der Waals surface area (Å²) in [5, 5.41) is 4.20. The number of halogens is 1. The zero-order chi connectivity index (χ0) is 20.1. The normalized spacial score (nSPS) is 10.7. The van der Waals surface area contributed by atoms with Crippen LogP contribution in [0.15, 0.2) is 42.6 Å². The van der Waals surface area contributed by atoms with Crippen LogP contribution in [0.1, 0.15) is 33.6 Å². The van der Waals surface area contributed by atoms with Crippen LogP contribution in [0.2, 0.25) is 5.02 Å². The number of aromatic nitrogens is 1. The Labute approximate surface area is 174 Å². The number of carbonyl (C=O) groups excluding carboxylic acids is 1. The van der Waals surface area contributed by atoms with Gasteiger partial charge in [0.1, 0.15) is 5.75 Å².